The molecule has 0 bridgehead atoms. The lowest BCUT2D eigenvalue weighted by Gasteiger charge is -2.11. The predicted molar refractivity (Wildman–Crippen MR) is 90.7 cm³/mol. The van der Waals surface area contributed by atoms with Crippen LogP contribution in [0.2, 0.25) is 0 Å². The van der Waals surface area contributed by atoms with Crippen LogP contribution in [0.15, 0.2) is 77.6 Å². The lowest BCUT2D eigenvalue weighted by molar-refractivity contribution is 0.0952. The Morgan fingerprint density at radius 1 is 0.875 bits per heavy atom. The lowest BCUT2D eigenvalue weighted by atomic mass is 10.1. The monoisotopic (exact) mass is 320 g/mol. The molecule has 0 aliphatic carbocycles. The highest BCUT2D eigenvalue weighted by molar-refractivity contribution is 6.08. The zero-order chi connectivity index (χ0) is 16.8. The molecule has 0 spiro atoms. The number of furan rings is 1. The average Bonchev–Trinajstić information content (AvgIpc) is 3.16. The summed E-state index contributed by atoms with van der Waals surface area (Å²) >= 11 is 0. The first-order chi connectivity index (χ1) is 11.7. The summed E-state index contributed by atoms with van der Waals surface area (Å²) in [6.07, 6.45) is 2.78. The fourth-order valence-corrected chi connectivity index (χ4v) is 2.25. The van der Waals surface area contributed by atoms with E-state index in [1.54, 1.807) is 30.3 Å². The third-order valence-electron chi connectivity index (χ3n) is 3.50. The van der Waals surface area contributed by atoms with E-state index in [0.717, 1.165) is 5.56 Å². The molecule has 0 radical (unpaired) electrons. The first-order valence-corrected chi connectivity index (χ1v) is 7.49. The molecule has 0 atom stereocenters. The summed E-state index contributed by atoms with van der Waals surface area (Å²) < 4.78 is 4.90. The lowest BCUT2D eigenvalue weighted by Crippen LogP contribution is -2.24. The maximum atomic E-state index is 12.4. The number of amides is 2. The molecule has 1 aromatic heterocycles. The zero-order valence-corrected chi connectivity index (χ0v) is 12.9. The SMILES string of the molecule is O=C(Nc1ccccc1C(=O)NCc1ccccc1)c1ccoc1. The number of hydrogen-bond acceptors (Lipinski definition) is 3. The first-order valence-electron chi connectivity index (χ1n) is 7.49. The molecular formula is C19H16N2O3. The van der Waals surface area contributed by atoms with Crippen LogP contribution >= 0.6 is 0 Å². The van der Waals surface area contributed by atoms with Gasteiger partial charge in [-0.2, -0.15) is 0 Å². The van der Waals surface area contributed by atoms with E-state index in [1.807, 2.05) is 30.3 Å². The highest BCUT2D eigenvalue weighted by Crippen LogP contribution is 2.16. The van der Waals surface area contributed by atoms with E-state index in [9.17, 15) is 9.59 Å². The molecule has 2 amide bonds. The van der Waals surface area contributed by atoms with Crippen molar-refractivity contribution in [3.05, 3.63) is 89.9 Å². The quantitative estimate of drug-likeness (QED) is 0.756. The molecule has 0 aliphatic heterocycles. The Morgan fingerprint density at radius 2 is 1.62 bits per heavy atom. The van der Waals surface area contributed by atoms with E-state index in [0.29, 0.717) is 23.4 Å². The maximum Gasteiger partial charge on any atom is 0.258 e. The predicted octanol–water partition coefficient (Wildman–Crippen LogP) is 3.46. The van der Waals surface area contributed by atoms with Crippen molar-refractivity contribution >= 4 is 17.5 Å². The molecule has 0 unspecified atom stereocenters. The van der Waals surface area contributed by atoms with Gasteiger partial charge in [-0.15, -0.1) is 0 Å². The van der Waals surface area contributed by atoms with E-state index < -0.39 is 0 Å². The van der Waals surface area contributed by atoms with Crippen LogP contribution in [-0.2, 0) is 6.54 Å². The van der Waals surface area contributed by atoms with Gasteiger partial charge in [-0.25, -0.2) is 0 Å². The minimum Gasteiger partial charge on any atom is -0.472 e. The number of para-hydroxylation sites is 1. The molecular weight excluding hydrogens is 304 g/mol. The summed E-state index contributed by atoms with van der Waals surface area (Å²) in [6, 6.07) is 18.1. The number of carbonyl (C=O) groups excluding carboxylic acids is 2. The van der Waals surface area contributed by atoms with Crippen molar-refractivity contribution in [2.24, 2.45) is 0 Å². The molecule has 3 rings (SSSR count). The molecule has 0 fully saturated rings. The minimum atomic E-state index is -0.327. The number of anilines is 1. The van der Waals surface area contributed by atoms with Crippen LogP contribution in [0.3, 0.4) is 0 Å². The summed E-state index contributed by atoms with van der Waals surface area (Å²) in [5, 5.41) is 5.59. The number of carbonyl (C=O) groups is 2. The zero-order valence-electron chi connectivity index (χ0n) is 12.9. The van der Waals surface area contributed by atoms with Gasteiger partial charge < -0.3 is 15.1 Å². The topological polar surface area (TPSA) is 71.3 Å². The van der Waals surface area contributed by atoms with Gasteiger partial charge in [0.25, 0.3) is 11.8 Å². The molecule has 1 heterocycles. The van der Waals surface area contributed by atoms with Gasteiger partial charge in [0.05, 0.1) is 23.1 Å². The van der Waals surface area contributed by atoms with E-state index in [2.05, 4.69) is 10.6 Å². The van der Waals surface area contributed by atoms with E-state index in [4.69, 9.17) is 4.42 Å². The van der Waals surface area contributed by atoms with Crippen molar-refractivity contribution in [3.63, 3.8) is 0 Å². The summed E-state index contributed by atoms with van der Waals surface area (Å²) in [6.45, 7) is 0.420. The van der Waals surface area contributed by atoms with Crippen molar-refractivity contribution in [1.82, 2.24) is 5.32 Å². The van der Waals surface area contributed by atoms with Crippen molar-refractivity contribution in [2.75, 3.05) is 5.32 Å². The van der Waals surface area contributed by atoms with E-state index in [-0.39, 0.29) is 11.8 Å². The van der Waals surface area contributed by atoms with Crippen LogP contribution in [0.4, 0.5) is 5.69 Å². The van der Waals surface area contributed by atoms with Gasteiger partial charge in [0, 0.05) is 6.54 Å². The Labute approximate surface area is 139 Å². The molecule has 3 aromatic rings. The Kier molecular flexibility index (Phi) is 4.72. The third kappa shape index (κ3) is 3.70. The third-order valence-corrected chi connectivity index (χ3v) is 3.50. The van der Waals surface area contributed by atoms with E-state index >= 15 is 0 Å². The van der Waals surface area contributed by atoms with Crippen LogP contribution in [0.25, 0.3) is 0 Å². The first kappa shape index (κ1) is 15.6. The highest BCUT2D eigenvalue weighted by Gasteiger charge is 2.14. The van der Waals surface area contributed by atoms with Crippen LogP contribution in [0, 0.1) is 0 Å². The summed E-state index contributed by atoms with van der Waals surface area (Å²) in [7, 11) is 0. The summed E-state index contributed by atoms with van der Waals surface area (Å²) in [4.78, 5) is 24.6. The second kappa shape index (κ2) is 7.28. The molecule has 24 heavy (non-hydrogen) atoms. The average molecular weight is 320 g/mol. The van der Waals surface area contributed by atoms with Gasteiger partial charge in [-0.1, -0.05) is 42.5 Å². The van der Waals surface area contributed by atoms with Crippen LogP contribution in [0.1, 0.15) is 26.3 Å². The van der Waals surface area contributed by atoms with Gasteiger partial charge in [-0.05, 0) is 23.8 Å². The van der Waals surface area contributed by atoms with Gasteiger partial charge >= 0.3 is 0 Å². The fraction of sp³-hybridized carbons (Fsp3) is 0.0526. The Balaban J connectivity index is 1.71. The van der Waals surface area contributed by atoms with E-state index in [1.165, 1.54) is 12.5 Å². The second-order valence-corrected chi connectivity index (χ2v) is 5.18. The Hall–Kier alpha value is -3.34. The Bertz CT molecular complexity index is 827. The fourth-order valence-electron chi connectivity index (χ4n) is 2.25. The minimum absolute atomic E-state index is 0.248. The number of nitrogens with one attached hydrogen (secondary N) is 2. The molecule has 2 aromatic carbocycles. The van der Waals surface area contributed by atoms with Gasteiger partial charge in [0.2, 0.25) is 0 Å². The van der Waals surface area contributed by atoms with Crippen molar-refractivity contribution in [1.29, 1.82) is 0 Å². The largest absolute Gasteiger partial charge is 0.472 e. The molecule has 2 N–H and O–H groups in total. The molecule has 5 nitrogen and oxygen atoms in total. The number of hydrogen-bond donors (Lipinski definition) is 2. The van der Waals surface area contributed by atoms with Crippen LogP contribution in [-0.4, -0.2) is 11.8 Å². The second-order valence-electron chi connectivity index (χ2n) is 5.18. The van der Waals surface area contributed by atoms with Crippen LogP contribution in [0.5, 0.6) is 0 Å². The molecule has 5 heteroatoms. The number of rotatable bonds is 5. The van der Waals surface area contributed by atoms with Gasteiger partial charge in [0.15, 0.2) is 0 Å². The number of benzene rings is 2. The summed E-state index contributed by atoms with van der Waals surface area (Å²) in [5.74, 6) is -0.575. The normalized spacial score (nSPS) is 10.2. The molecule has 120 valence electrons. The molecule has 0 aliphatic rings. The standard InChI is InChI=1S/C19H16N2O3/c22-18(15-10-11-24-13-15)21-17-9-5-4-8-16(17)19(23)20-12-14-6-2-1-3-7-14/h1-11,13H,12H2,(H,20,23)(H,21,22). The van der Waals surface area contributed by atoms with Crippen molar-refractivity contribution < 1.29 is 14.0 Å². The Morgan fingerprint density at radius 3 is 2.38 bits per heavy atom. The van der Waals surface area contributed by atoms with Gasteiger partial charge in [-0.3, -0.25) is 9.59 Å². The van der Waals surface area contributed by atoms with Gasteiger partial charge in [0.1, 0.15) is 6.26 Å². The van der Waals surface area contributed by atoms with Crippen LogP contribution < -0.4 is 10.6 Å². The smallest absolute Gasteiger partial charge is 0.258 e. The molecule has 0 saturated carbocycles. The maximum absolute atomic E-state index is 12.4. The van der Waals surface area contributed by atoms with Crippen molar-refractivity contribution in [2.45, 2.75) is 6.54 Å². The molecule has 0 saturated heterocycles. The highest BCUT2D eigenvalue weighted by atomic mass is 16.3. The van der Waals surface area contributed by atoms with Crippen molar-refractivity contribution in [3.8, 4) is 0 Å². The summed E-state index contributed by atoms with van der Waals surface area (Å²) in [5.41, 5.74) is 2.26.